The number of non-ortho nitro benzene ring substituents is 1. The lowest BCUT2D eigenvalue weighted by Gasteiger charge is -2.35. The summed E-state index contributed by atoms with van der Waals surface area (Å²) in [5.41, 5.74) is 2.20. The van der Waals surface area contributed by atoms with E-state index in [1.54, 1.807) is 16.7 Å². The summed E-state index contributed by atoms with van der Waals surface area (Å²) < 4.78 is 2.97. The molecule has 0 spiro atoms. The number of halogens is 1. The van der Waals surface area contributed by atoms with E-state index in [0.29, 0.717) is 39.0 Å². The Kier molecular flexibility index (Phi) is 5.49. The summed E-state index contributed by atoms with van der Waals surface area (Å²) in [6.07, 6.45) is 2.79. The Balaban J connectivity index is 1.75. The minimum atomic E-state index is -0.666. The molecular formula is C25H20BrN3O4S. The van der Waals surface area contributed by atoms with E-state index in [-0.39, 0.29) is 22.4 Å². The molecule has 1 aliphatic carbocycles. The maximum absolute atomic E-state index is 13.6. The number of aromatic nitrogens is 1. The molecule has 0 amide bonds. The van der Waals surface area contributed by atoms with Crippen LogP contribution in [0.2, 0.25) is 0 Å². The summed E-state index contributed by atoms with van der Waals surface area (Å²) in [6, 6.07) is 13.0. The van der Waals surface area contributed by atoms with E-state index in [1.807, 2.05) is 44.2 Å². The highest BCUT2D eigenvalue weighted by Gasteiger charge is 2.40. The van der Waals surface area contributed by atoms with Gasteiger partial charge in [-0.2, -0.15) is 0 Å². The zero-order valence-electron chi connectivity index (χ0n) is 18.4. The normalized spacial score (nSPS) is 19.4. The number of benzene rings is 2. The molecule has 1 unspecified atom stereocenters. The van der Waals surface area contributed by atoms with Crippen molar-refractivity contribution in [3.63, 3.8) is 0 Å². The van der Waals surface area contributed by atoms with Crippen molar-refractivity contribution in [2.45, 2.75) is 32.7 Å². The summed E-state index contributed by atoms with van der Waals surface area (Å²) in [6.45, 7) is 4.07. The van der Waals surface area contributed by atoms with Crippen LogP contribution in [0.4, 0.5) is 5.69 Å². The number of nitrogens with zero attached hydrogens (tertiary/aromatic N) is 3. The van der Waals surface area contributed by atoms with Gasteiger partial charge in [-0.25, -0.2) is 4.99 Å². The second-order valence-electron chi connectivity index (χ2n) is 9.29. The summed E-state index contributed by atoms with van der Waals surface area (Å²) in [5.74, 6) is -0.0420. The van der Waals surface area contributed by atoms with Crippen molar-refractivity contribution >= 4 is 44.8 Å². The van der Waals surface area contributed by atoms with Crippen LogP contribution in [0, 0.1) is 15.5 Å². The summed E-state index contributed by atoms with van der Waals surface area (Å²) in [4.78, 5) is 42.9. The molecule has 5 rings (SSSR count). The Morgan fingerprint density at radius 2 is 1.91 bits per heavy atom. The second-order valence-corrected chi connectivity index (χ2v) is 11.2. The Bertz CT molecular complexity index is 1560. The monoisotopic (exact) mass is 537 g/mol. The van der Waals surface area contributed by atoms with Crippen molar-refractivity contribution in [1.82, 2.24) is 4.57 Å². The molecule has 0 N–H and O–H groups in total. The number of nitro groups is 1. The molecule has 34 heavy (non-hydrogen) atoms. The third-order valence-electron chi connectivity index (χ3n) is 6.06. The van der Waals surface area contributed by atoms with Crippen molar-refractivity contribution in [2.75, 3.05) is 0 Å². The average Bonchev–Trinajstić information content (AvgIpc) is 3.06. The highest BCUT2D eigenvalue weighted by molar-refractivity contribution is 9.10. The predicted molar refractivity (Wildman–Crippen MR) is 133 cm³/mol. The Labute approximate surface area is 207 Å². The molecule has 0 fully saturated rings. The minimum Gasteiger partial charge on any atom is -0.294 e. The molecule has 0 saturated heterocycles. The number of allylic oxidation sites excluding steroid dienone is 2. The molecule has 0 radical (unpaired) electrons. The molecule has 1 aromatic heterocycles. The van der Waals surface area contributed by atoms with Gasteiger partial charge >= 0.3 is 0 Å². The van der Waals surface area contributed by atoms with Crippen LogP contribution < -0.4 is 14.9 Å². The molecule has 172 valence electrons. The van der Waals surface area contributed by atoms with Gasteiger partial charge in [-0.05, 0) is 53.3 Å². The summed E-state index contributed by atoms with van der Waals surface area (Å²) >= 11 is 4.74. The molecule has 7 nitrogen and oxygen atoms in total. The van der Waals surface area contributed by atoms with Crippen LogP contribution in [0.15, 0.2) is 74.1 Å². The number of carbonyl (C=O) groups excluding carboxylic acids is 1. The number of Topliss-reactive ketones (excluding diaryl/α,β-unsaturated/α-hetero) is 1. The summed E-state index contributed by atoms with van der Waals surface area (Å²) in [5, 5.41) is 11.2. The first-order valence-electron chi connectivity index (χ1n) is 10.7. The molecule has 2 heterocycles. The van der Waals surface area contributed by atoms with Crippen molar-refractivity contribution in [3.05, 3.63) is 105 Å². The van der Waals surface area contributed by atoms with Gasteiger partial charge in [0.25, 0.3) is 11.2 Å². The molecule has 3 aromatic rings. The van der Waals surface area contributed by atoms with Gasteiger partial charge in [0.2, 0.25) is 0 Å². The molecular weight excluding hydrogens is 518 g/mol. The maximum Gasteiger partial charge on any atom is 0.271 e. The van der Waals surface area contributed by atoms with E-state index in [9.17, 15) is 19.7 Å². The van der Waals surface area contributed by atoms with Crippen LogP contribution in [0.5, 0.6) is 0 Å². The number of fused-ring (bicyclic) bond motifs is 1. The fourth-order valence-electron chi connectivity index (χ4n) is 4.59. The topological polar surface area (TPSA) is 94.6 Å². The highest BCUT2D eigenvalue weighted by Crippen LogP contribution is 2.43. The first-order chi connectivity index (χ1) is 16.1. The van der Waals surface area contributed by atoms with Crippen LogP contribution in [0.3, 0.4) is 0 Å². The molecule has 0 saturated carbocycles. The standard InChI is InChI=1S/C25H20BrN3O4S/c1-25(2)12-18-21(19(30)13-25)22(15-6-8-17(9-7-15)29(32)33)28-23(31)20(34-24(28)27-18)11-14-4-3-5-16(26)10-14/h3-11,22H,12-13H2,1-2H3. The van der Waals surface area contributed by atoms with Gasteiger partial charge in [-0.3, -0.25) is 24.3 Å². The van der Waals surface area contributed by atoms with E-state index >= 15 is 0 Å². The third kappa shape index (κ3) is 3.99. The van der Waals surface area contributed by atoms with E-state index < -0.39 is 11.0 Å². The minimum absolute atomic E-state index is 0.0420. The quantitative estimate of drug-likeness (QED) is 0.368. The first-order valence-corrected chi connectivity index (χ1v) is 12.3. The van der Waals surface area contributed by atoms with Crippen LogP contribution in [-0.2, 0) is 4.79 Å². The number of thiazole rings is 1. The number of nitro benzene ring substituents is 1. The molecule has 2 aliphatic rings. The van der Waals surface area contributed by atoms with Crippen LogP contribution in [0.25, 0.3) is 6.08 Å². The summed E-state index contributed by atoms with van der Waals surface area (Å²) in [7, 11) is 0. The van der Waals surface area contributed by atoms with Gasteiger partial charge in [0, 0.05) is 28.6 Å². The van der Waals surface area contributed by atoms with E-state index in [0.717, 1.165) is 10.0 Å². The highest BCUT2D eigenvalue weighted by atomic mass is 79.9. The Morgan fingerprint density at radius 1 is 1.18 bits per heavy atom. The fourth-order valence-corrected chi connectivity index (χ4v) is 6.03. The number of hydrogen-bond acceptors (Lipinski definition) is 6. The molecule has 9 heteroatoms. The SMILES string of the molecule is CC1(C)CC(=O)C2=C(C1)N=c1sc(=Cc3cccc(Br)c3)c(=O)n1C2c1ccc([N+](=O)[O-])cc1. The lowest BCUT2D eigenvalue weighted by atomic mass is 9.73. The zero-order chi connectivity index (χ0) is 24.2. The second kappa shape index (κ2) is 8.25. The molecule has 1 aliphatic heterocycles. The molecule has 0 bridgehead atoms. The zero-order valence-corrected chi connectivity index (χ0v) is 20.9. The van der Waals surface area contributed by atoms with Gasteiger partial charge in [0.1, 0.15) is 0 Å². The number of rotatable bonds is 3. The number of hydrogen-bond donors (Lipinski definition) is 0. The van der Waals surface area contributed by atoms with Crippen LogP contribution in [-0.4, -0.2) is 15.3 Å². The van der Waals surface area contributed by atoms with Crippen molar-refractivity contribution in [3.8, 4) is 0 Å². The van der Waals surface area contributed by atoms with Gasteiger partial charge in [0.05, 0.1) is 21.2 Å². The predicted octanol–water partition coefficient (Wildman–Crippen LogP) is 4.28. The number of ketones is 1. The van der Waals surface area contributed by atoms with Crippen molar-refractivity contribution in [1.29, 1.82) is 0 Å². The Hall–Kier alpha value is -3.17. The lowest BCUT2D eigenvalue weighted by Crippen LogP contribution is -2.42. The fraction of sp³-hybridized carbons (Fsp3) is 0.240. The van der Waals surface area contributed by atoms with E-state index in [2.05, 4.69) is 15.9 Å². The smallest absolute Gasteiger partial charge is 0.271 e. The molecule has 2 aromatic carbocycles. The van der Waals surface area contributed by atoms with E-state index in [1.165, 1.54) is 23.5 Å². The third-order valence-corrected chi connectivity index (χ3v) is 7.54. The van der Waals surface area contributed by atoms with Crippen molar-refractivity contribution in [2.24, 2.45) is 10.4 Å². The Morgan fingerprint density at radius 3 is 2.59 bits per heavy atom. The van der Waals surface area contributed by atoms with Crippen LogP contribution in [0.1, 0.15) is 43.9 Å². The maximum atomic E-state index is 13.6. The van der Waals surface area contributed by atoms with E-state index in [4.69, 9.17) is 4.99 Å². The van der Waals surface area contributed by atoms with Gasteiger partial charge in [0.15, 0.2) is 10.6 Å². The van der Waals surface area contributed by atoms with Gasteiger partial charge < -0.3 is 0 Å². The van der Waals surface area contributed by atoms with Gasteiger partial charge in [-0.15, -0.1) is 0 Å². The lowest BCUT2D eigenvalue weighted by molar-refractivity contribution is -0.384. The molecule has 1 atom stereocenters. The largest absolute Gasteiger partial charge is 0.294 e. The van der Waals surface area contributed by atoms with Crippen LogP contribution >= 0.6 is 27.3 Å². The van der Waals surface area contributed by atoms with Crippen molar-refractivity contribution < 1.29 is 9.72 Å². The number of carbonyl (C=O) groups is 1. The average molecular weight is 538 g/mol. The van der Waals surface area contributed by atoms with Gasteiger partial charge in [-0.1, -0.05) is 53.2 Å². The first kappa shape index (κ1) is 22.6.